The van der Waals surface area contributed by atoms with Crippen LogP contribution in [0.4, 0.5) is 0 Å². The third kappa shape index (κ3) is 3.57. The zero-order valence-electron chi connectivity index (χ0n) is 11.3. The Morgan fingerprint density at radius 3 is 2.12 bits per heavy atom. The molecule has 2 nitrogen and oxygen atoms in total. The van der Waals surface area contributed by atoms with Gasteiger partial charge in [-0.05, 0) is 18.9 Å². The van der Waals surface area contributed by atoms with E-state index in [2.05, 4.69) is 6.92 Å². The molecule has 0 aromatic heterocycles. The summed E-state index contributed by atoms with van der Waals surface area (Å²) in [5.41, 5.74) is 0.754. The first-order valence-electron chi connectivity index (χ1n) is 6.89. The Morgan fingerprint density at radius 2 is 1.62 bits per heavy atom. The van der Waals surface area contributed by atoms with Crippen LogP contribution in [-0.4, -0.2) is 22.8 Å². The minimum absolute atomic E-state index is 0.754. The molecule has 0 spiro atoms. The summed E-state index contributed by atoms with van der Waals surface area (Å²) >= 11 is 0. The largest absolute Gasteiger partial charge is 0.397 e. The van der Waals surface area contributed by atoms with Crippen LogP contribution in [-0.2, 0) is 8.85 Å². The maximum atomic E-state index is 5.87. The Labute approximate surface area is 102 Å². The van der Waals surface area contributed by atoms with Gasteiger partial charge in [-0.2, -0.15) is 0 Å². The van der Waals surface area contributed by atoms with Crippen LogP contribution in [0.1, 0.15) is 58.3 Å². The van der Waals surface area contributed by atoms with E-state index >= 15 is 0 Å². The van der Waals surface area contributed by atoms with E-state index in [0.29, 0.717) is 0 Å². The van der Waals surface area contributed by atoms with Gasteiger partial charge in [0.25, 0.3) is 0 Å². The molecule has 0 radical (unpaired) electrons. The van der Waals surface area contributed by atoms with Gasteiger partial charge < -0.3 is 8.85 Å². The fourth-order valence-electron chi connectivity index (χ4n) is 2.99. The molecule has 0 saturated heterocycles. The van der Waals surface area contributed by atoms with E-state index in [4.69, 9.17) is 8.85 Å². The minimum atomic E-state index is -1.86. The van der Waals surface area contributed by atoms with Crippen molar-refractivity contribution in [3.8, 4) is 0 Å². The van der Waals surface area contributed by atoms with Gasteiger partial charge in [-0.1, -0.05) is 45.4 Å². The maximum Gasteiger partial charge on any atom is 0.340 e. The fourth-order valence-corrected chi connectivity index (χ4v) is 6.67. The average molecular weight is 244 g/mol. The second-order valence-electron chi connectivity index (χ2n) is 5.01. The van der Waals surface area contributed by atoms with Gasteiger partial charge in [-0.25, -0.2) is 0 Å². The molecule has 0 unspecified atom stereocenters. The molecular formula is C13H28O2Si. The molecule has 96 valence electrons. The van der Waals surface area contributed by atoms with Gasteiger partial charge in [-0.3, -0.25) is 0 Å². The first kappa shape index (κ1) is 14.2. The van der Waals surface area contributed by atoms with Gasteiger partial charge in [-0.15, -0.1) is 0 Å². The molecule has 0 aliphatic heterocycles. The highest BCUT2D eigenvalue weighted by atomic mass is 28.4. The summed E-state index contributed by atoms with van der Waals surface area (Å²) in [6, 6.07) is 1.20. The molecular weight excluding hydrogens is 216 g/mol. The van der Waals surface area contributed by atoms with Crippen molar-refractivity contribution < 1.29 is 8.85 Å². The van der Waals surface area contributed by atoms with E-state index in [-0.39, 0.29) is 0 Å². The molecule has 0 heterocycles. The molecule has 0 bridgehead atoms. The van der Waals surface area contributed by atoms with Crippen molar-refractivity contribution in [3.63, 3.8) is 0 Å². The van der Waals surface area contributed by atoms with Crippen LogP contribution < -0.4 is 0 Å². The normalized spacial score (nSPS) is 18.2. The summed E-state index contributed by atoms with van der Waals surface area (Å²) in [7, 11) is 1.88. The Bertz CT molecular complexity index is 175. The van der Waals surface area contributed by atoms with Gasteiger partial charge in [0.1, 0.15) is 0 Å². The van der Waals surface area contributed by atoms with Crippen molar-refractivity contribution >= 4 is 8.56 Å². The number of hydrogen-bond donors (Lipinski definition) is 0. The first-order chi connectivity index (χ1) is 7.79. The molecule has 3 heteroatoms. The van der Waals surface area contributed by atoms with Crippen LogP contribution in [0, 0.1) is 0 Å². The second-order valence-corrected chi connectivity index (χ2v) is 8.77. The Morgan fingerprint density at radius 1 is 1.00 bits per heavy atom. The molecule has 0 atom stereocenters. The molecule has 1 aliphatic rings. The highest BCUT2D eigenvalue weighted by Gasteiger charge is 2.44. The predicted octanol–water partition coefficient (Wildman–Crippen LogP) is 4.25. The van der Waals surface area contributed by atoms with Crippen molar-refractivity contribution in [3.05, 3.63) is 0 Å². The van der Waals surface area contributed by atoms with E-state index in [1.54, 1.807) is 0 Å². The SMILES string of the molecule is CCCCCC[Si](OC)(OC)C1CCCC1. The van der Waals surface area contributed by atoms with Gasteiger partial charge in [0.05, 0.1) is 0 Å². The van der Waals surface area contributed by atoms with E-state index in [1.807, 2.05) is 14.2 Å². The molecule has 0 amide bonds. The minimum Gasteiger partial charge on any atom is -0.397 e. The van der Waals surface area contributed by atoms with Crippen LogP contribution in [0.25, 0.3) is 0 Å². The topological polar surface area (TPSA) is 18.5 Å². The number of unbranched alkanes of at least 4 members (excludes halogenated alkanes) is 3. The molecule has 1 aliphatic carbocycles. The zero-order valence-corrected chi connectivity index (χ0v) is 12.3. The Balaban J connectivity index is 2.43. The molecule has 1 rings (SSSR count). The van der Waals surface area contributed by atoms with E-state index in [9.17, 15) is 0 Å². The van der Waals surface area contributed by atoms with Gasteiger partial charge in [0, 0.05) is 19.8 Å². The molecule has 1 fully saturated rings. The monoisotopic (exact) mass is 244 g/mol. The highest BCUT2D eigenvalue weighted by Crippen LogP contribution is 2.41. The molecule has 0 N–H and O–H groups in total. The van der Waals surface area contributed by atoms with Crippen molar-refractivity contribution in [2.75, 3.05) is 14.2 Å². The Kier molecular flexibility index (Phi) is 6.62. The van der Waals surface area contributed by atoms with Gasteiger partial charge >= 0.3 is 8.56 Å². The van der Waals surface area contributed by atoms with E-state index in [1.165, 1.54) is 57.4 Å². The van der Waals surface area contributed by atoms with Crippen LogP contribution in [0.3, 0.4) is 0 Å². The van der Waals surface area contributed by atoms with E-state index < -0.39 is 8.56 Å². The van der Waals surface area contributed by atoms with Crippen LogP contribution >= 0.6 is 0 Å². The van der Waals surface area contributed by atoms with Gasteiger partial charge in [0.15, 0.2) is 0 Å². The smallest absolute Gasteiger partial charge is 0.340 e. The molecule has 0 aromatic carbocycles. The van der Waals surface area contributed by atoms with Crippen molar-refractivity contribution in [1.82, 2.24) is 0 Å². The van der Waals surface area contributed by atoms with Crippen LogP contribution in [0.15, 0.2) is 0 Å². The van der Waals surface area contributed by atoms with E-state index in [0.717, 1.165) is 5.54 Å². The molecule has 0 aromatic rings. The summed E-state index contributed by atoms with van der Waals surface area (Å²) in [5, 5.41) is 0. The lowest BCUT2D eigenvalue weighted by atomic mass is 10.2. The summed E-state index contributed by atoms with van der Waals surface area (Å²) in [6.07, 6.45) is 10.7. The molecule has 1 saturated carbocycles. The highest BCUT2D eigenvalue weighted by molar-refractivity contribution is 6.69. The lowest BCUT2D eigenvalue weighted by Gasteiger charge is -2.33. The number of rotatable bonds is 8. The van der Waals surface area contributed by atoms with Crippen LogP contribution in [0.2, 0.25) is 11.6 Å². The standard InChI is InChI=1S/C13H28O2Si/c1-4-5-6-9-12-16(14-2,15-3)13-10-7-8-11-13/h13H,4-12H2,1-3H3. The van der Waals surface area contributed by atoms with Crippen molar-refractivity contribution in [2.45, 2.75) is 69.9 Å². The lowest BCUT2D eigenvalue weighted by molar-refractivity contribution is 0.226. The third-order valence-electron chi connectivity index (χ3n) is 4.05. The van der Waals surface area contributed by atoms with Gasteiger partial charge in [0.2, 0.25) is 0 Å². The van der Waals surface area contributed by atoms with Crippen molar-refractivity contribution in [1.29, 1.82) is 0 Å². The fraction of sp³-hybridized carbons (Fsp3) is 1.00. The zero-order chi connectivity index (χ0) is 11.9. The molecule has 16 heavy (non-hydrogen) atoms. The summed E-state index contributed by atoms with van der Waals surface area (Å²) < 4.78 is 11.7. The number of hydrogen-bond acceptors (Lipinski definition) is 2. The van der Waals surface area contributed by atoms with Crippen molar-refractivity contribution in [2.24, 2.45) is 0 Å². The predicted molar refractivity (Wildman–Crippen MR) is 70.9 cm³/mol. The third-order valence-corrected chi connectivity index (χ3v) is 8.30. The lowest BCUT2D eigenvalue weighted by Crippen LogP contribution is -2.44. The average Bonchev–Trinajstić information content (AvgIpc) is 2.84. The second kappa shape index (κ2) is 7.46. The summed E-state index contributed by atoms with van der Waals surface area (Å²) in [6.45, 7) is 2.26. The maximum absolute atomic E-state index is 5.87. The summed E-state index contributed by atoms with van der Waals surface area (Å²) in [4.78, 5) is 0. The Hall–Kier alpha value is 0.137. The van der Waals surface area contributed by atoms with Crippen LogP contribution in [0.5, 0.6) is 0 Å². The first-order valence-corrected chi connectivity index (χ1v) is 8.99. The quantitative estimate of drug-likeness (QED) is 0.469. The summed E-state index contributed by atoms with van der Waals surface area (Å²) in [5.74, 6) is 0.